The molecule has 2 saturated carbocycles. The van der Waals surface area contributed by atoms with Gasteiger partial charge in [0.05, 0.1) is 54.8 Å². The number of carboxylic acid groups (broad SMARTS) is 2. The summed E-state index contributed by atoms with van der Waals surface area (Å²) in [6.07, 6.45) is 15.4. The maximum absolute atomic E-state index is 13.6. The molecule has 10 rings (SSSR count). The van der Waals surface area contributed by atoms with Gasteiger partial charge in [-0.2, -0.15) is 0 Å². The zero-order valence-electron chi connectivity index (χ0n) is 39.2. The molecule has 2 aliphatic carbocycles. The largest absolute Gasteiger partial charge is 0.478 e. The quantitative estimate of drug-likeness (QED) is 0.143. The molecule has 0 spiro atoms. The van der Waals surface area contributed by atoms with Crippen molar-refractivity contribution in [2.24, 2.45) is 0 Å². The Kier molecular flexibility index (Phi) is 13.0. The number of benzene rings is 4. The number of carboxylic acids is 2. The van der Waals surface area contributed by atoms with Gasteiger partial charge >= 0.3 is 17.9 Å². The maximum atomic E-state index is 13.6. The topological polar surface area (TPSA) is 151 Å². The second-order valence-corrected chi connectivity index (χ2v) is 18.9. The van der Waals surface area contributed by atoms with Gasteiger partial charge in [-0.15, -0.1) is 0 Å². The molecule has 0 radical (unpaired) electrons. The highest BCUT2D eigenvalue weighted by atomic mass is 16.5. The van der Waals surface area contributed by atoms with Crippen molar-refractivity contribution in [3.05, 3.63) is 129 Å². The molecule has 4 aliphatic rings. The lowest BCUT2D eigenvalue weighted by Gasteiger charge is -2.24. The molecule has 0 atom stereocenters. The highest BCUT2D eigenvalue weighted by Gasteiger charge is 2.33. The van der Waals surface area contributed by atoms with Gasteiger partial charge < -0.3 is 33.9 Å². The number of ether oxygens (including phenoxy) is 1. The van der Waals surface area contributed by atoms with Crippen LogP contribution in [0.4, 0.5) is 0 Å². The number of amides is 2. The van der Waals surface area contributed by atoms with E-state index in [0.717, 1.165) is 81.1 Å². The van der Waals surface area contributed by atoms with E-state index in [1.807, 2.05) is 66.7 Å². The molecule has 2 aliphatic heterocycles. The van der Waals surface area contributed by atoms with Crippen molar-refractivity contribution in [3.63, 3.8) is 0 Å². The molecule has 4 heterocycles. The Morgan fingerprint density at radius 1 is 0.603 bits per heavy atom. The number of carbonyl (C=O) groups is 5. The number of fused-ring (bicyclic) bond motifs is 10. The number of aromatic carboxylic acids is 1. The molecular weight excluding hydrogens is 857 g/mol. The first-order chi connectivity index (χ1) is 32.8. The second kappa shape index (κ2) is 19.2. The van der Waals surface area contributed by atoms with Crippen molar-refractivity contribution in [1.82, 2.24) is 18.9 Å². The van der Waals surface area contributed by atoms with E-state index < -0.39 is 11.9 Å². The number of hydrogen-bond acceptors (Lipinski definition) is 6. The molecule has 6 aromatic rings. The average molecular weight is 915 g/mol. The molecule has 2 amide bonds. The van der Waals surface area contributed by atoms with Gasteiger partial charge in [-0.3, -0.25) is 9.59 Å². The second-order valence-electron chi connectivity index (χ2n) is 18.9. The third-order valence-corrected chi connectivity index (χ3v) is 14.4. The third kappa shape index (κ3) is 8.64. The number of aromatic nitrogens is 2. The fourth-order valence-corrected chi connectivity index (χ4v) is 11.1. The number of aliphatic carboxylic acids is 1. The number of rotatable bonds is 8. The summed E-state index contributed by atoms with van der Waals surface area (Å²) >= 11 is 0. The SMILES string of the molecule is CN(C)C(=O)CN(C)C(=O)C1=Cc2ccccc2-c2c(C3CCCCC3)c3ccc(C(=O)O)cc3n2C1.COC(=O)c1ccc2c(C3CCCCC3)c3n(c2c1)CC(C(=O)O)=Cc1ccccc1-3. The lowest BCUT2D eigenvalue weighted by atomic mass is 9.81. The summed E-state index contributed by atoms with van der Waals surface area (Å²) in [6.45, 7) is 0.545. The van der Waals surface area contributed by atoms with E-state index in [4.69, 9.17) is 4.74 Å². The van der Waals surface area contributed by atoms with Crippen LogP contribution in [0.2, 0.25) is 0 Å². The Labute approximate surface area is 396 Å². The normalized spacial score (nSPS) is 15.8. The van der Waals surface area contributed by atoms with Crippen molar-refractivity contribution in [2.45, 2.75) is 89.1 Å². The predicted molar refractivity (Wildman–Crippen MR) is 265 cm³/mol. The molecule has 12 nitrogen and oxygen atoms in total. The Bertz CT molecular complexity index is 3060. The van der Waals surface area contributed by atoms with E-state index in [-0.39, 0.29) is 36.4 Å². The first-order valence-corrected chi connectivity index (χ1v) is 23.8. The van der Waals surface area contributed by atoms with Gasteiger partial charge in [-0.05, 0) is 96.2 Å². The summed E-state index contributed by atoms with van der Waals surface area (Å²) < 4.78 is 9.16. The average Bonchev–Trinajstić information content (AvgIpc) is 3.69. The Morgan fingerprint density at radius 2 is 1.07 bits per heavy atom. The van der Waals surface area contributed by atoms with Crippen molar-refractivity contribution < 1.29 is 38.9 Å². The highest BCUT2D eigenvalue weighted by molar-refractivity contribution is 6.05. The molecule has 4 aromatic carbocycles. The zero-order valence-corrected chi connectivity index (χ0v) is 39.2. The van der Waals surface area contributed by atoms with Gasteiger partial charge in [-0.25, -0.2) is 14.4 Å². The fourth-order valence-electron chi connectivity index (χ4n) is 11.1. The van der Waals surface area contributed by atoms with Gasteiger partial charge in [0.2, 0.25) is 5.91 Å². The van der Waals surface area contributed by atoms with E-state index in [1.54, 1.807) is 39.4 Å². The van der Waals surface area contributed by atoms with Crippen LogP contribution >= 0.6 is 0 Å². The molecule has 68 heavy (non-hydrogen) atoms. The smallest absolute Gasteiger partial charge is 0.337 e. The number of hydrogen-bond donors (Lipinski definition) is 2. The summed E-state index contributed by atoms with van der Waals surface area (Å²) in [5, 5.41) is 21.8. The van der Waals surface area contributed by atoms with Crippen LogP contribution in [0, 0.1) is 0 Å². The predicted octanol–water partition coefficient (Wildman–Crippen LogP) is 10.6. The van der Waals surface area contributed by atoms with Crippen molar-refractivity contribution in [2.75, 3.05) is 34.8 Å². The van der Waals surface area contributed by atoms with Gasteiger partial charge in [0.25, 0.3) is 5.91 Å². The van der Waals surface area contributed by atoms with Crippen molar-refractivity contribution in [1.29, 1.82) is 0 Å². The summed E-state index contributed by atoms with van der Waals surface area (Å²) in [4.78, 5) is 65.0. The summed E-state index contributed by atoms with van der Waals surface area (Å²) in [5.41, 5.74) is 12.0. The molecular formula is C56H58N4O8. The van der Waals surface area contributed by atoms with E-state index in [0.29, 0.717) is 35.1 Å². The fraction of sp³-hybridized carbons (Fsp3) is 0.339. The first kappa shape index (κ1) is 45.9. The standard InChI is InChI=1S/C30H33N3O4.C26H25NO4/c1-31(2)26(34)18-32(3)29(35)22-15-20-11-7-8-12-23(20)28-27(19-9-5-4-6-10-19)24-14-13-21(30(36)37)16-25(24)33(28)17-22;1-31-26(30)18-11-12-21-22(14-18)27-15-19(25(28)29)13-17-9-5-6-10-20(17)24(27)23(21)16-7-3-2-4-8-16/h7-8,11-16,19H,4-6,9-10,17-18H2,1-3H3,(H,36,37);5-6,9-14,16H,2-4,7-8,15H2,1H3,(H,28,29). The minimum absolute atomic E-state index is 0.0133. The number of carbonyl (C=O) groups excluding carboxylic acids is 3. The van der Waals surface area contributed by atoms with Crippen molar-refractivity contribution in [3.8, 4) is 22.5 Å². The Hall–Kier alpha value is -7.21. The van der Waals surface area contributed by atoms with Crippen LogP contribution in [0.3, 0.4) is 0 Å². The van der Waals surface area contributed by atoms with E-state index >= 15 is 0 Å². The minimum Gasteiger partial charge on any atom is -0.478 e. The summed E-state index contributed by atoms with van der Waals surface area (Å²) in [7, 11) is 6.37. The lowest BCUT2D eigenvalue weighted by Crippen LogP contribution is -2.38. The first-order valence-electron chi connectivity index (χ1n) is 23.8. The molecule has 2 aromatic heterocycles. The van der Waals surface area contributed by atoms with Crippen LogP contribution < -0.4 is 0 Å². The van der Waals surface area contributed by atoms with E-state index in [2.05, 4.69) is 21.3 Å². The van der Waals surface area contributed by atoms with Crippen LogP contribution in [0.15, 0.2) is 96.1 Å². The molecule has 2 N–H and O–H groups in total. The van der Waals surface area contributed by atoms with Crippen LogP contribution in [0.1, 0.15) is 119 Å². The zero-order chi connectivity index (χ0) is 47.8. The van der Waals surface area contributed by atoms with Gasteiger partial charge in [0.15, 0.2) is 0 Å². The van der Waals surface area contributed by atoms with Crippen LogP contribution in [0.25, 0.3) is 56.5 Å². The molecule has 0 saturated heterocycles. The minimum atomic E-state index is -0.973. The summed E-state index contributed by atoms with van der Waals surface area (Å²) in [6, 6.07) is 27.2. The Morgan fingerprint density at radius 3 is 1.56 bits per heavy atom. The van der Waals surface area contributed by atoms with Crippen LogP contribution in [-0.4, -0.2) is 93.7 Å². The van der Waals surface area contributed by atoms with Gasteiger partial charge in [0, 0.05) is 59.6 Å². The van der Waals surface area contributed by atoms with Crippen LogP contribution in [-0.2, 0) is 32.2 Å². The third-order valence-electron chi connectivity index (χ3n) is 14.4. The molecule has 0 unspecified atom stereocenters. The van der Waals surface area contributed by atoms with Gasteiger partial charge in [-0.1, -0.05) is 99.2 Å². The molecule has 2 fully saturated rings. The number of esters is 1. The molecule has 0 bridgehead atoms. The van der Waals surface area contributed by atoms with E-state index in [9.17, 15) is 34.2 Å². The number of likely N-dealkylation sites (N-methyl/N-ethyl adjacent to an activating group) is 2. The van der Waals surface area contributed by atoms with Crippen LogP contribution in [0.5, 0.6) is 0 Å². The van der Waals surface area contributed by atoms with Crippen molar-refractivity contribution >= 4 is 63.7 Å². The Balaban J connectivity index is 0.000000172. The van der Waals surface area contributed by atoms with E-state index in [1.165, 1.54) is 66.6 Å². The maximum Gasteiger partial charge on any atom is 0.337 e. The molecule has 350 valence electrons. The lowest BCUT2D eigenvalue weighted by molar-refractivity contribution is -0.136. The number of methoxy groups -OCH3 is 1. The summed E-state index contributed by atoms with van der Waals surface area (Å²) in [5.74, 6) is -1.84. The number of nitrogens with zero attached hydrogens (tertiary/aromatic N) is 4. The van der Waals surface area contributed by atoms with Gasteiger partial charge in [0.1, 0.15) is 0 Å². The monoisotopic (exact) mass is 914 g/mol. The highest BCUT2D eigenvalue weighted by Crippen LogP contribution is 2.48. The molecule has 12 heteroatoms.